The first-order chi connectivity index (χ1) is 13.3. The number of methoxy groups -OCH3 is 1. The van der Waals surface area contributed by atoms with Crippen molar-refractivity contribution in [1.29, 1.82) is 0 Å². The summed E-state index contributed by atoms with van der Waals surface area (Å²) in [5.74, 6) is 2.67. The van der Waals surface area contributed by atoms with Crippen LogP contribution in [0.3, 0.4) is 0 Å². The molecule has 2 nitrogen and oxygen atoms in total. The van der Waals surface area contributed by atoms with Crippen LogP contribution in [0.25, 0.3) is 0 Å². The fourth-order valence-electron chi connectivity index (χ4n) is 5.28. The van der Waals surface area contributed by atoms with Gasteiger partial charge in [-0.2, -0.15) is 0 Å². The number of halogens is 1. The maximum Gasteiger partial charge on any atom is 0.122 e. The SMILES string of the molecule is CCN1CC2CCc3c(OC)ccc(CCCCc4ccccc4)c3C2C1.Cl. The first kappa shape index (κ1) is 21.2. The first-order valence-corrected chi connectivity index (χ1v) is 10.7. The molecule has 0 bridgehead atoms. The molecule has 2 atom stereocenters. The Balaban J connectivity index is 0.00000225. The molecular formula is C25H34ClNO. The summed E-state index contributed by atoms with van der Waals surface area (Å²) in [6, 6.07) is 15.5. The molecule has 1 aliphatic heterocycles. The Bertz CT molecular complexity index is 761. The van der Waals surface area contributed by atoms with Crippen LogP contribution in [0.1, 0.15) is 54.4 Å². The third kappa shape index (κ3) is 4.39. The molecule has 0 aromatic heterocycles. The van der Waals surface area contributed by atoms with E-state index >= 15 is 0 Å². The summed E-state index contributed by atoms with van der Waals surface area (Å²) in [7, 11) is 1.83. The number of benzene rings is 2. The topological polar surface area (TPSA) is 12.5 Å². The van der Waals surface area contributed by atoms with Gasteiger partial charge in [-0.3, -0.25) is 0 Å². The average molecular weight is 400 g/mol. The number of aryl methyl sites for hydroxylation is 2. The van der Waals surface area contributed by atoms with Crippen LogP contribution >= 0.6 is 12.4 Å². The highest BCUT2D eigenvalue weighted by molar-refractivity contribution is 5.85. The van der Waals surface area contributed by atoms with Crippen molar-refractivity contribution in [1.82, 2.24) is 4.90 Å². The number of nitrogens with zero attached hydrogens (tertiary/aromatic N) is 1. The zero-order chi connectivity index (χ0) is 18.6. The Labute approximate surface area is 176 Å². The zero-order valence-corrected chi connectivity index (χ0v) is 18.1. The van der Waals surface area contributed by atoms with Crippen LogP contribution in [-0.2, 0) is 19.3 Å². The highest BCUT2D eigenvalue weighted by Crippen LogP contribution is 2.46. The van der Waals surface area contributed by atoms with E-state index in [-0.39, 0.29) is 12.4 Å². The van der Waals surface area contributed by atoms with Gasteiger partial charge in [0.15, 0.2) is 0 Å². The number of unbranched alkanes of at least 4 members (excludes halogenated alkanes) is 1. The highest BCUT2D eigenvalue weighted by Gasteiger charge is 2.38. The standard InChI is InChI=1S/C25H33NO.ClH/c1-3-26-17-21-13-15-22-24(27-2)16-14-20(25(22)23(21)18-26)12-8-7-11-19-9-5-4-6-10-19;/h4-6,9-10,14,16,21,23H,3,7-8,11-13,15,17-18H2,1-2H3;1H. The van der Waals surface area contributed by atoms with Gasteiger partial charge < -0.3 is 9.64 Å². The number of hydrogen-bond acceptors (Lipinski definition) is 2. The van der Waals surface area contributed by atoms with Crippen molar-refractivity contribution >= 4 is 12.4 Å². The van der Waals surface area contributed by atoms with Crippen molar-refractivity contribution in [3.8, 4) is 5.75 Å². The van der Waals surface area contributed by atoms with Gasteiger partial charge in [0.2, 0.25) is 0 Å². The van der Waals surface area contributed by atoms with E-state index in [0.29, 0.717) is 5.92 Å². The van der Waals surface area contributed by atoms with Crippen molar-refractivity contribution in [2.45, 2.75) is 51.4 Å². The van der Waals surface area contributed by atoms with Crippen LogP contribution in [0, 0.1) is 5.92 Å². The van der Waals surface area contributed by atoms with E-state index in [1.54, 1.807) is 11.1 Å². The van der Waals surface area contributed by atoms with Crippen LogP contribution in [0.2, 0.25) is 0 Å². The van der Waals surface area contributed by atoms with Crippen LogP contribution in [0.15, 0.2) is 42.5 Å². The molecule has 3 heteroatoms. The van der Waals surface area contributed by atoms with E-state index in [2.05, 4.69) is 54.3 Å². The molecule has 4 rings (SSSR count). The van der Waals surface area contributed by atoms with Gasteiger partial charge in [0.1, 0.15) is 5.75 Å². The normalized spacial score (nSPS) is 20.9. The van der Waals surface area contributed by atoms with E-state index in [1.807, 2.05) is 7.11 Å². The fraction of sp³-hybridized carbons (Fsp3) is 0.520. The van der Waals surface area contributed by atoms with Crippen molar-refractivity contribution in [3.63, 3.8) is 0 Å². The Morgan fingerprint density at radius 3 is 2.54 bits per heavy atom. The van der Waals surface area contributed by atoms with E-state index < -0.39 is 0 Å². The predicted octanol–water partition coefficient (Wildman–Crippen LogP) is 5.66. The summed E-state index contributed by atoms with van der Waals surface area (Å²) in [4.78, 5) is 2.64. The van der Waals surface area contributed by atoms with Crippen LogP contribution in [0.5, 0.6) is 5.75 Å². The molecule has 28 heavy (non-hydrogen) atoms. The van der Waals surface area contributed by atoms with Crippen LogP contribution < -0.4 is 4.74 Å². The number of ether oxygens (including phenoxy) is 1. The third-order valence-corrected chi connectivity index (χ3v) is 6.73. The van der Waals surface area contributed by atoms with Crippen molar-refractivity contribution < 1.29 is 4.74 Å². The lowest BCUT2D eigenvalue weighted by molar-refractivity contribution is 0.338. The van der Waals surface area contributed by atoms with Gasteiger partial charge in [-0.15, -0.1) is 12.4 Å². The molecule has 0 radical (unpaired) electrons. The lowest BCUT2D eigenvalue weighted by Crippen LogP contribution is -2.21. The number of likely N-dealkylation sites (tertiary alicyclic amines) is 1. The molecule has 0 amide bonds. The van der Waals surface area contributed by atoms with Gasteiger partial charge in [-0.25, -0.2) is 0 Å². The van der Waals surface area contributed by atoms with Gasteiger partial charge in [0.05, 0.1) is 7.11 Å². The van der Waals surface area contributed by atoms with Gasteiger partial charge >= 0.3 is 0 Å². The molecule has 1 saturated heterocycles. The molecular weight excluding hydrogens is 366 g/mol. The van der Waals surface area contributed by atoms with Crippen molar-refractivity contribution in [2.24, 2.45) is 5.92 Å². The molecule has 2 aromatic rings. The molecule has 152 valence electrons. The molecule has 0 N–H and O–H groups in total. The van der Waals surface area contributed by atoms with E-state index in [0.717, 1.165) is 11.7 Å². The van der Waals surface area contributed by atoms with Crippen LogP contribution in [-0.4, -0.2) is 31.6 Å². The Morgan fingerprint density at radius 2 is 1.79 bits per heavy atom. The maximum atomic E-state index is 5.74. The quantitative estimate of drug-likeness (QED) is 0.556. The number of likely N-dealkylation sites (N-methyl/N-ethyl adjacent to an activating group) is 1. The Kier molecular flexibility index (Phi) is 7.42. The zero-order valence-electron chi connectivity index (χ0n) is 17.3. The van der Waals surface area contributed by atoms with Gasteiger partial charge in [-0.1, -0.05) is 43.3 Å². The lowest BCUT2D eigenvalue weighted by atomic mass is 9.74. The van der Waals surface area contributed by atoms with E-state index in [4.69, 9.17) is 4.74 Å². The molecule has 2 unspecified atom stereocenters. The summed E-state index contributed by atoms with van der Waals surface area (Å²) in [5, 5.41) is 0. The largest absolute Gasteiger partial charge is 0.496 e. The summed E-state index contributed by atoms with van der Waals surface area (Å²) in [6.45, 7) is 6.00. The van der Waals surface area contributed by atoms with Crippen molar-refractivity contribution in [3.05, 3.63) is 64.7 Å². The molecule has 1 heterocycles. The Morgan fingerprint density at radius 1 is 1.00 bits per heavy atom. The highest BCUT2D eigenvalue weighted by atomic mass is 35.5. The smallest absolute Gasteiger partial charge is 0.122 e. The maximum absolute atomic E-state index is 5.74. The molecule has 2 aliphatic rings. The minimum atomic E-state index is 0. The van der Waals surface area contributed by atoms with Gasteiger partial charge in [0, 0.05) is 19.0 Å². The Hall–Kier alpha value is -1.51. The van der Waals surface area contributed by atoms with E-state index in [1.165, 1.54) is 69.3 Å². The third-order valence-electron chi connectivity index (χ3n) is 6.73. The summed E-state index contributed by atoms with van der Waals surface area (Å²) >= 11 is 0. The minimum absolute atomic E-state index is 0. The van der Waals surface area contributed by atoms with Crippen molar-refractivity contribution in [2.75, 3.05) is 26.7 Å². The number of hydrogen-bond donors (Lipinski definition) is 0. The molecule has 2 aromatic carbocycles. The fourth-order valence-corrected chi connectivity index (χ4v) is 5.28. The molecule has 0 spiro atoms. The minimum Gasteiger partial charge on any atom is -0.496 e. The number of fused-ring (bicyclic) bond motifs is 3. The predicted molar refractivity (Wildman–Crippen MR) is 120 cm³/mol. The second kappa shape index (κ2) is 9.80. The summed E-state index contributed by atoms with van der Waals surface area (Å²) in [6.07, 6.45) is 7.43. The summed E-state index contributed by atoms with van der Waals surface area (Å²) in [5.41, 5.74) is 6.22. The molecule has 1 aliphatic carbocycles. The molecule has 0 saturated carbocycles. The van der Waals surface area contributed by atoms with E-state index in [9.17, 15) is 0 Å². The average Bonchev–Trinajstić information content (AvgIpc) is 3.15. The van der Waals surface area contributed by atoms with Gasteiger partial charge in [0.25, 0.3) is 0 Å². The van der Waals surface area contributed by atoms with Gasteiger partial charge in [-0.05, 0) is 79.3 Å². The molecule has 1 fully saturated rings. The van der Waals surface area contributed by atoms with Crippen LogP contribution in [0.4, 0.5) is 0 Å². The first-order valence-electron chi connectivity index (χ1n) is 10.7. The number of rotatable bonds is 7. The second-order valence-corrected chi connectivity index (χ2v) is 8.27. The second-order valence-electron chi connectivity index (χ2n) is 8.27. The lowest BCUT2D eigenvalue weighted by Gasteiger charge is -2.31. The summed E-state index contributed by atoms with van der Waals surface area (Å²) < 4.78 is 5.74. The monoisotopic (exact) mass is 399 g/mol.